The van der Waals surface area contributed by atoms with Gasteiger partial charge in [0.1, 0.15) is 24.2 Å². The number of rotatable bonds is 10. The average Bonchev–Trinajstić information content (AvgIpc) is 2.45. The highest BCUT2D eigenvalue weighted by Gasteiger charge is 2.07. The van der Waals surface area contributed by atoms with Crippen LogP contribution in [0.1, 0.15) is 13.3 Å². The fraction of sp³-hybridized carbons (Fsp3) is 0.600. The normalized spacial score (nSPS) is 13.8. The van der Waals surface area contributed by atoms with Crippen molar-refractivity contribution in [2.24, 2.45) is 5.92 Å². The molecule has 5 nitrogen and oxygen atoms in total. The van der Waals surface area contributed by atoms with E-state index in [-0.39, 0.29) is 13.2 Å². The van der Waals surface area contributed by atoms with Crippen molar-refractivity contribution < 1.29 is 19.7 Å². The van der Waals surface area contributed by atoms with Crippen molar-refractivity contribution >= 4 is 0 Å². The Labute approximate surface area is 120 Å². The summed E-state index contributed by atoms with van der Waals surface area (Å²) < 4.78 is 10.6. The lowest BCUT2D eigenvalue weighted by Crippen LogP contribution is -2.34. The molecule has 0 bridgehead atoms. The van der Waals surface area contributed by atoms with Crippen LogP contribution < -0.4 is 14.8 Å². The van der Waals surface area contributed by atoms with E-state index in [1.165, 1.54) is 0 Å². The molecule has 2 unspecified atom stereocenters. The number of ether oxygens (including phenoxy) is 2. The molecule has 5 heteroatoms. The molecule has 3 N–H and O–H groups in total. The summed E-state index contributed by atoms with van der Waals surface area (Å²) in [7, 11) is 1.60. The minimum atomic E-state index is -0.567. The zero-order chi connectivity index (χ0) is 14.8. The van der Waals surface area contributed by atoms with Gasteiger partial charge >= 0.3 is 0 Å². The van der Waals surface area contributed by atoms with E-state index >= 15 is 0 Å². The Morgan fingerprint density at radius 3 is 2.70 bits per heavy atom. The lowest BCUT2D eigenvalue weighted by atomic mass is 10.1. The molecule has 0 saturated carbocycles. The molecule has 0 saturated heterocycles. The Kier molecular flexibility index (Phi) is 8.02. The summed E-state index contributed by atoms with van der Waals surface area (Å²) in [6.45, 7) is 3.73. The number of hydrogen-bond donors (Lipinski definition) is 3. The van der Waals surface area contributed by atoms with Crippen molar-refractivity contribution in [3.8, 4) is 11.5 Å². The molecule has 0 aliphatic carbocycles. The van der Waals surface area contributed by atoms with Crippen molar-refractivity contribution in [1.82, 2.24) is 5.32 Å². The van der Waals surface area contributed by atoms with E-state index in [0.717, 1.165) is 18.7 Å². The van der Waals surface area contributed by atoms with E-state index < -0.39 is 6.10 Å². The van der Waals surface area contributed by atoms with Gasteiger partial charge in [-0.15, -0.1) is 0 Å². The molecule has 0 amide bonds. The van der Waals surface area contributed by atoms with Crippen molar-refractivity contribution in [3.05, 3.63) is 24.3 Å². The first-order chi connectivity index (χ1) is 9.65. The van der Waals surface area contributed by atoms with Crippen LogP contribution in [0.2, 0.25) is 0 Å². The van der Waals surface area contributed by atoms with Gasteiger partial charge in [0.2, 0.25) is 0 Å². The molecule has 0 aromatic heterocycles. The first-order valence-corrected chi connectivity index (χ1v) is 6.92. The zero-order valence-electron chi connectivity index (χ0n) is 12.2. The topological polar surface area (TPSA) is 71.0 Å². The molecule has 0 spiro atoms. The molecule has 20 heavy (non-hydrogen) atoms. The average molecular weight is 283 g/mol. The van der Waals surface area contributed by atoms with Crippen LogP contribution in [0, 0.1) is 5.92 Å². The molecule has 0 fully saturated rings. The van der Waals surface area contributed by atoms with Crippen LogP contribution in [0.25, 0.3) is 0 Å². The van der Waals surface area contributed by atoms with Gasteiger partial charge in [0, 0.05) is 19.2 Å². The second kappa shape index (κ2) is 9.58. The molecule has 1 rings (SSSR count). The summed E-state index contributed by atoms with van der Waals surface area (Å²) >= 11 is 0. The van der Waals surface area contributed by atoms with Crippen LogP contribution in [-0.2, 0) is 0 Å². The van der Waals surface area contributed by atoms with Crippen molar-refractivity contribution in [3.63, 3.8) is 0 Å². The Bertz CT molecular complexity index is 373. The van der Waals surface area contributed by atoms with Gasteiger partial charge in [0.05, 0.1) is 7.11 Å². The predicted molar refractivity (Wildman–Crippen MR) is 78.2 cm³/mol. The van der Waals surface area contributed by atoms with E-state index in [1.54, 1.807) is 13.2 Å². The first kappa shape index (κ1) is 16.8. The second-order valence-electron chi connectivity index (χ2n) is 4.92. The van der Waals surface area contributed by atoms with Gasteiger partial charge in [-0.05, 0) is 31.0 Å². The monoisotopic (exact) mass is 283 g/mol. The molecule has 114 valence electrons. The summed E-state index contributed by atoms with van der Waals surface area (Å²) in [4.78, 5) is 0. The first-order valence-electron chi connectivity index (χ1n) is 6.92. The number of nitrogens with one attached hydrogen (secondary N) is 1. The maximum absolute atomic E-state index is 9.81. The third kappa shape index (κ3) is 6.75. The Morgan fingerprint density at radius 1 is 1.25 bits per heavy atom. The molecular weight excluding hydrogens is 258 g/mol. The summed E-state index contributed by atoms with van der Waals surface area (Å²) in [6.07, 6.45) is 0.200. The lowest BCUT2D eigenvalue weighted by molar-refractivity contribution is 0.105. The van der Waals surface area contributed by atoms with E-state index in [0.29, 0.717) is 18.2 Å². The largest absolute Gasteiger partial charge is 0.497 e. The SMILES string of the molecule is COc1cccc(OCC(O)CNCC(C)CCO)c1. The Balaban J connectivity index is 2.20. The summed E-state index contributed by atoms with van der Waals surface area (Å²) in [5, 5.41) is 21.8. The quantitative estimate of drug-likeness (QED) is 0.598. The van der Waals surface area contributed by atoms with E-state index in [9.17, 15) is 5.11 Å². The standard InChI is InChI=1S/C15H25NO4/c1-12(6-7-17)9-16-10-13(18)11-20-15-5-3-4-14(8-15)19-2/h3-5,8,12-13,16-18H,6-7,9-11H2,1-2H3. The minimum Gasteiger partial charge on any atom is -0.497 e. The summed E-state index contributed by atoms with van der Waals surface area (Å²) in [6, 6.07) is 7.29. The molecule has 1 aromatic carbocycles. The molecular formula is C15H25NO4. The van der Waals surface area contributed by atoms with Crippen molar-refractivity contribution in [2.45, 2.75) is 19.4 Å². The Hall–Kier alpha value is -1.30. The fourth-order valence-electron chi connectivity index (χ4n) is 1.76. The second-order valence-corrected chi connectivity index (χ2v) is 4.92. The van der Waals surface area contributed by atoms with Crippen LogP contribution in [0.4, 0.5) is 0 Å². The summed E-state index contributed by atoms with van der Waals surface area (Å²) in [5.74, 6) is 1.80. The van der Waals surface area contributed by atoms with Crippen molar-refractivity contribution in [2.75, 3.05) is 33.4 Å². The van der Waals surface area contributed by atoms with Gasteiger partial charge in [0.25, 0.3) is 0 Å². The van der Waals surface area contributed by atoms with Gasteiger partial charge in [-0.25, -0.2) is 0 Å². The van der Waals surface area contributed by atoms with Gasteiger partial charge in [-0.2, -0.15) is 0 Å². The minimum absolute atomic E-state index is 0.199. The number of aliphatic hydroxyl groups is 2. The molecule has 0 aliphatic rings. The van der Waals surface area contributed by atoms with E-state index in [2.05, 4.69) is 12.2 Å². The molecule has 0 radical (unpaired) electrons. The van der Waals surface area contributed by atoms with E-state index in [4.69, 9.17) is 14.6 Å². The third-order valence-corrected chi connectivity index (χ3v) is 2.98. The number of aliphatic hydroxyl groups excluding tert-OH is 2. The lowest BCUT2D eigenvalue weighted by Gasteiger charge is -2.15. The number of methoxy groups -OCH3 is 1. The third-order valence-electron chi connectivity index (χ3n) is 2.98. The van der Waals surface area contributed by atoms with Gasteiger partial charge in [-0.1, -0.05) is 13.0 Å². The molecule has 0 heterocycles. The molecule has 1 aromatic rings. The van der Waals surface area contributed by atoms with Crippen LogP contribution in [0.3, 0.4) is 0 Å². The van der Waals surface area contributed by atoms with Crippen molar-refractivity contribution in [1.29, 1.82) is 0 Å². The number of benzene rings is 1. The molecule has 2 atom stereocenters. The van der Waals surface area contributed by atoms with Crippen LogP contribution in [0.15, 0.2) is 24.3 Å². The Morgan fingerprint density at radius 2 is 2.00 bits per heavy atom. The zero-order valence-corrected chi connectivity index (χ0v) is 12.2. The highest BCUT2D eigenvalue weighted by molar-refractivity contribution is 5.32. The fourth-order valence-corrected chi connectivity index (χ4v) is 1.76. The van der Waals surface area contributed by atoms with Gasteiger partial charge < -0.3 is 25.0 Å². The van der Waals surface area contributed by atoms with Gasteiger partial charge in [-0.3, -0.25) is 0 Å². The molecule has 0 aliphatic heterocycles. The smallest absolute Gasteiger partial charge is 0.123 e. The van der Waals surface area contributed by atoms with E-state index in [1.807, 2.05) is 18.2 Å². The maximum atomic E-state index is 9.81. The maximum Gasteiger partial charge on any atom is 0.123 e. The number of hydrogen-bond acceptors (Lipinski definition) is 5. The van der Waals surface area contributed by atoms with Crippen LogP contribution in [-0.4, -0.2) is 49.7 Å². The van der Waals surface area contributed by atoms with Crippen LogP contribution >= 0.6 is 0 Å². The van der Waals surface area contributed by atoms with Gasteiger partial charge in [0.15, 0.2) is 0 Å². The highest BCUT2D eigenvalue weighted by atomic mass is 16.5. The van der Waals surface area contributed by atoms with Crippen LogP contribution in [0.5, 0.6) is 11.5 Å². The summed E-state index contributed by atoms with van der Waals surface area (Å²) in [5.41, 5.74) is 0. The highest BCUT2D eigenvalue weighted by Crippen LogP contribution is 2.18. The predicted octanol–water partition coefficient (Wildman–Crippen LogP) is 1.04.